The van der Waals surface area contributed by atoms with Crippen LogP contribution in [-0.2, 0) is 16.0 Å². The Balaban J connectivity index is 1.24. The second-order valence-corrected chi connectivity index (χ2v) is 10.5. The number of anilines is 1. The van der Waals surface area contributed by atoms with Crippen molar-refractivity contribution >= 4 is 17.5 Å². The van der Waals surface area contributed by atoms with Gasteiger partial charge in [0.25, 0.3) is 0 Å². The average Bonchev–Trinajstić information content (AvgIpc) is 3.77. The summed E-state index contributed by atoms with van der Waals surface area (Å²) < 4.78 is 6.00. The second-order valence-electron chi connectivity index (χ2n) is 10.5. The lowest BCUT2D eigenvalue weighted by Crippen LogP contribution is -2.48. The number of para-hydroxylation sites is 1. The number of amides is 2. The molecule has 0 radical (unpaired) electrons. The van der Waals surface area contributed by atoms with Crippen LogP contribution in [0.3, 0.4) is 0 Å². The molecule has 1 aliphatic heterocycles. The molecule has 0 spiro atoms. The molecule has 3 aromatic rings. The Morgan fingerprint density at radius 1 is 0.842 bits per heavy atom. The fraction of sp³-hybridized carbons (Fsp3) is 0.375. The van der Waals surface area contributed by atoms with Crippen LogP contribution in [0, 0.1) is 5.92 Å². The Hall–Kier alpha value is -3.64. The van der Waals surface area contributed by atoms with E-state index in [-0.39, 0.29) is 24.4 Å². The van der Waals surface area contributed by atoms with Gasteiger partial charge < -0.3 is 19.9 Å². The van der Waals surface area contributed by atoms with Crippen LogP contribution >= 0.6 is 0 Å². The highest BCUT2D eigenvalue weighted by Gasteiger charge is 2.28. The Morgan fingerprint density at radius 3 is 2.24 bits per heavy atom. The number of piperidine rings is 1. The SMILES string of the molecule is O=C(CN(C(=O)CCc1ccccc1)c1cccc(Oc2ccccc2)c1)NC1CCN(CC2CC2)CC1. The van der Waals surface area contributed by atoms with Crippen molar-refractivity contribution in [1.82, 2.24) is 10.2 Å². The van der Waals surface area contributed by atoms with E-state index in [4.69, 9.17) is 4.74 Å². The van der Waals surface area contributed by atoms with Crippen molar-refractivity contribution in [3.63, 3.8) is 0 Å². The first-order chi connectivity index (χ1) is 18.6. The summed E-state index contributed by atoms with van der Waals surface area (Å²) in [6, 6.07) is 27.1. The lowest BCUT2D eigenvalue weighted by Gasteiger charge is -2.33. The van der Waals surface area contributed by atoms with Gasteiger partial charge in [-0.3, -0.25) is 9.59 Å². The van der Waals surface area contributed by atoms with Gasteiger partial charge in [0, 0.05) is 43.9 Å². The Bertz CT molecular complexity index is 1190. The monoisotopic (exact) mass is 511 g/mol. The Labute approximate surface area is 225 Å². The first-order valence-electron chi connectivity index (χ1n) is 13.8. The van der Waals surface area contributed by atoms with E-state index < -0.39 is 0 Å². The lowest BCUT2D eigenvalue weighted by molar-refractivity contribution is -0.124. The molecule has 1 saturated heterocycles. The minimum atomic E-state index is -0.118. The molecule has 38 heavy (non-hydrogen) atoms. The molecule has 6 heteroatoms. The molecule has 6 nitrogen and oxygen atoms in total. The third-order valence-electron chi connectivity index (χ3n) is 7.35. The minimum absolute atomic E-state index is 0.00922. The van der Waals surface area contributed by atoms with Crippen LogP contribution in [0.1, 0.15) is 37.7 Å². The average molecular weight is 512 g/mol. The van der Waals surface area contributed by atoms with E-state index in [9.17, 15) is 9.59 Å². The summed E-state index contributed by atoms with van der Waals surface area (Å²) >= 11 is 0. The van der Waals surface area contributed by atoms with Crippen molar-refractivity contribution in [3.05, 3.63) is 90.5 Å². The number of hydrogen-bond donors (Lipinski definition) is 1. The fourth-order valence-corrected chi connectivity index (χ4v) is 5.04. The van der Waals surface area contributed by atoms with Crippen LogP contribution in [0.2, 0.25) is 0 Å². The molecule has 0 atom stereocenters. The first kappa shape index (κ1) is 26.0. The molecular weight excluding hydrogens is 474 g/mol. The highest BCUT2D eigenvalue weighted by molar-refractivity contribution is 5.99. The second kappa shape index (κ2) is 12.7. The van der Waals surface area contributed by atoms with Crippen LogP contribution in [-0.4, -0.2) is 48.9 Å². The van der Waals surface area contributed by atoms with Gasteiger partial charge in [-0.05, 0) is 67.9 Å². The van der Waals surface area contributed by atoms with Gasteiger partial charge in [0.1, 0.15) is 18.0 Å². The van der Waals surface area contributed by atoms with E-state index >= 15 is 0 Å². The summed E-state index contributed by atoms with van der Waals surface area (Å²) in [6.45, 7) is 3.25. The summed E-state index contributed by atoms with van der Waals surface area (Å²) in [5.41, 5.74) is 1.76. The zero-order chi connectivity index (χ0) is 26.2. The van der Waals surface area contributed by atoms with Crippen LogP contribution in [0.5, 0.6) is 11.5 Å². The summed E-state index contributed by atoms with van der Waals surface area (Å²) in [7, 11) is 0. The molecule has 0 unspecified atom stereocenters. The van der Waals surface area contributed by atoms with E-state index in [1.807, 2.05) is 84.9 Å². The molecule has 2 fully saturated rings. The van der Waals surface area contributed by atoms with Crippen molar-refractivity contribution in [1.29, 1.82) is 0 Å². The molecule has 1 aliphatic carbocycles. The number of hydrogen-bond acceptors (Lipinski definition) is 4. The molecule has 2 aliphatic rings. The van der Waals surface area contributed by atoms with Gasteiger partial charge in [-0.15, -0.1) is 0 Å². The molecule has 1 N–H and O–H groups in total. The fourth-order valence-electron chi connectivity index (χ4n) is 5.04. The van der Waals surface area contributed by atoms with Crippen molar-refractivity contribution in [2.24, 2.45) is 5.92 Å². The molecule has 1 saturated carbocycles. The number of rotatable bonds is 11. The van der Waals surface area contributed by atoms with Crippen LogP contribution in [0.25, 0.3) is 0 Å². The largest absolute Gasteiger partial charge is 0.457 e. The van der Waals surface area contributed by atoms with E-state index in [1.165, 1.54) is 19.4 Å². The summed E-state index contributed by atoms with van der Waals surface area (Å²) in [5.74, 6) is 2.03. The number of carbonyl (C=O) groups excluding carboxylic acids is 2. The molecular formula is C32H37N3O3. The highest BCUT2D eigenvalue weighted by atomic mass is 16.5. The van der Waals surface area contributed by atoms with Crippen LogP contribution in [0.4, 0.5) is 5.69 Å². The van der Waals surface area contributed by atoms with Gasteiger partial charge in [-0.25, -0.2) is 0 Å². The van der Waals surface area contributed by atoms with Gasteiger partial charge in [-0.2, -0.15) is 0 Å². The molecule has 198 valence electrons. The summed E-state index contributed by atoms with van der Waals surface area (Å²) in [4.78, 5) is 30.8. The zero-order valence-electron chi connectivity index (χ0n) is 21.9. The number of aryl methyl sites for hydroxylation is 1. The zero-order valence-corrected chi connectivity index (χ0v) is 21.9. The maximum Gasteiger partial charge on any atom is 0.240 e. The third-order valence-corrected chi connectivity index (χ3v) is 7.35. The quantitative estimate of drug-likeness (QED) is 0.373. The highest BCUT2D eigenvalue weighted by Crippen LogP contribution is 2.30. The summed E-state index contributed by atoms with van der Waals surface area (Å²) in [5, 5.41) is 3.20. The van der Waals surface area contributed by atoms with Gasteiger partial charge in [-0.1, -0.05) is 54.6 Å². The molecule has 0 bridgehead atoms. The van der Waals surface area contributed by atoms with Gasteiger partial charge in [0.05, 0.1) is 0 Å². The van der Waals surface area contributed by atoms with E-state index in [0.717, 1.165) is 43.2 Å². The predicted octanol–water partition coefficient (Wildman–Crippen LogP) is 5.44. The Morgan fingerprint density at radius 2 is 1.53 bits per heavy atom. The predicted molar refractivity (Wildman–Crippen MR) is 150 cm³/mol. The molecule has 3 aromatic carbocycles. The maximum atomic E-state index is 13.5. The Kier molecular flexibility index (Phi) is 8.71. The number of carbonyl (C=O) groups is 2. The van der Waals surface area contributed by atoms with E-state index in [1.54, 1.807) is 4.90 Å². The topological polar surface area (TPSA) is 61.9 Å². The number of benzene rings is 3. The van der Waals surface area contributed by atoms with Crippen molar-refractivity contribution in [2.45, 2.75) is 44.6 Å². The number of nitrogens with zero attached hydrogens (tertiary/aromatic N) is 2. The molecule has 2 amide bonds. The smallest absolute Gasteiger partial charge is 0.240 e. The van der Waals surface area contributed by atoms with Gasteiger partial charge >= 0.3 is 0 Å². The number of nitrogens with one attached hydrogen (secondary N) is 1. The van der Waals surface area contributed by atoms with Crippen molar-refractivity contribution < 1.29 is 14.3 Å². The van der Waals surface area contributed by atoms with Gasteiger partial charge in [0.15, 0.2) is 0 Å². The van der Waals surface area contributed by atoms with Crippen molar-refractivity contribution in [3.8, 4) is 11.5 Å². The minimum Gasteiger partial charge on any atom is -0.457 e. The maximum absolute atomic E-state index is 13.5. The third kappa shape index (κ3) is 7.68. The molecule has 0 aromatic heterocycles. The molecule has 1 heterocycles. The lowest BCUT2D eigenvalue weighted by atomic mass is 10.0. The van der Waals surface area contributed by atoms with Crippen molar-refractivity contribution in [2.75, 3.05) is 31.1 Å². The normalized spacial score (nSPS) is 16.1. The van der Waals surface area contributed by atoms with E-state index in [0.29, 0.717) is 24.3 Å². The first-order valence-corrected chi connectivity index (χ1v) is 13.8. The summed E-state index contributed by atoms with van der Waals surface area (Å²) in [6.07, 6.45) is 5.59. The number of ether oxygens (including phenoxy) is 1. The standard InChI is InChI=1S/C32H37N3O3/c36-31(33-27-18-20-34(21-19-27)23-26-14-15-26)24-35(32(37)17-16-25-8-3-1-4-9-25)28-10-7-13-30(22-28)38-29-11-5-2-6-12-29/h1-13,22,26-27H,14-21,23-24H2,(H,33,36). The number of likely N-dealkylation sites (tertiary alicyclic amines) is 1. The van der Waals surface area contributed by atoms with Gasteiger partial charge in [0.2, 0.25) is 11.8 Å². The van der Waals surface area contributed by atoms with Crippen LogP contribution < -0.4 is 15.0 Å². The molecule has 5 rings (SSSR count). The van der Waals surface area contributed by atoms with E-state index in [2.05, 4.69) is 10.2 Å². The van der Waals surface area contributed by atoms with Crippen LogP contribution in [0.15, 0.2) is 84.9 Å².